The molecule has 3 heteroatoms. The molecule has 3 nitrogen and oxygen atoms in total. The van der Waals surface area contributed by atoms with Crippen LogP contribution in [0, 0.1) is 6.92 Å². The van der Waals surface area contributed by atoms with E-state index < -0.39 is 0 Å². The summed E-state index contributed by atoms with van der Waals surface area (Å²) in [5.74, 6) is 0.802. The van der Waals surface area contributed by atoms with Crippen molar-refractivity contribution in [3.05, 3.63) is 64.7 Å². The van der Waals surface area contributed by atoms with Crippen LogP contribution in [0.25, 0.3) is 0 Å². The predicted octanol–water partition coefficient (Wildman–Crippen LogP) is 4.81. The number of benzene rings is 2. The first kappa shape index (κ1) is 16.3. The molecule has 0 saturated carbocycles. The molecule has 1 fully saturated rings. The average Bonchev–Trinajstić information content (AvgIpc) is 3.23. The Morgan fingerprint density at radius 2 is 1.96 bits per heavy atom. The van der Waals surface area contributed by atoms with Crippen LogP contribution in [0.4, 0.5) is 0 Å². The van der Waals surface area contributed by atoms with Crippen molar-refractivity contribution in [2.45, 2.75) is 57.7 Å². The second-order valence-electron chi connectivity index (χ2n) is 7.65. The lowest BCUT2D eigenvalue weighted by atomic mass is 9.82. The summed E-state index contributed by atoms with van der Waals surface area (Å²) in [5, 5.41) is 0. The smallest absolute Gasteiger partial charge is 0.343 e. The van der Waals surface area contributed by atoms with Gasteiger partial charge in [0.25, 0.3) is 0 Å². The van der Waals surface area contributed by atoms with Gasteiger partial charge in [0.2, 0.25) is 0 Å². The molecule has 2 aromatic carbocycles. The second kappa shape index (κ2) is 5.99. The monoisotopic (exact) mass is 336 g/mol. The number of rotatable bonds is 2. The molecule has 2 aliphatic rings. The van der Waals surface area contributed by atoms with Crippen LogP contribution in [0.15, 0.2) is 42.5 Å². The molecule has 1 heterocycles. The molecule has 25 heavy (non-hydrogen) atoms. The number of carbonyl (C=O) groups excluding carboxylic acids is 1. The average molecular weight is 336 g/mol. The Kier molecular flexibility index (Phi) is 3.92. The number of ether oxygens (including phenoxy) is 2. The van der Waals surface area contributed by atoms with Gasteiger partial charge in [0.15, 0.2) is 0 Å². The summed E-state index contributed by atoms with van der Waals surface area (Å²) >= 11 is 0. The van der Waals surface area contributed by atoms with E-state index in [9.17, 15) is 4.79 Å². The van der Waals surface area contributed by atoms with Crippen LogP contribution in [-0.4, -0.2) is 17.7 Å². The van der Waals surface area contributed by atoms with Gasteiger partial charge in [-0.2, -0.15) is 0 Å². The molecule has 0 radical (unpaired) electrons. The molecule has 130 valence electrons. The van der Waals surface area contributed by atoms with E-state index in [0.29, 0.717) is 23.3 Å². The molecule has 4 rings (SSSR count). The van der Waals surface area contributed by atoms with Gasteiger partial charge >= 0.3 is 5.97 Å². The van der Waals surface area contributed by atoms with E-state index in [2.05, 4.69) is 26.0 Å². The van der Waals surface area contributed by atoms with E-state index >= 15 is 0 Å². The molecule has 0 spiro atoms. The van der Waals surface area contributed by atoms with Crippen molar-refractivity contribution in [3.63, 3.8) is 0 Å². The quantitative estimate of drug-likeness (QED) is 0.449. The standard InChI is InChI=1S/C22H24O3/c1-14-9-10-20-22(3,25-20)13-17-11-15(2)19(12-18(14)17)24-21(23)16-7-5-4-6-8-16/h4-8,11-12,14,20H,9-10,13H2,1-3H3/t14-,20+,22-/m1/s1. The lowest BCUT2D eigenvalue weighted by Gasteiger charge is -2.23. The number of fused-ring (bicyclic) bond motifs is 2. The zero-order valence-corrected chi connectivity index (χ0v) is 15.0. The van der Waals surface area contributed by atoms with Crippen LogP contribution in [0.5, 0.6) is 5.75 Å². The van der Waals surface area contributed by atoms with Crippen molar-refractivity contribution in [1.29, 1.82) is 0 Å². The minimum absolute atomic E-state index is 0.0104. The number of hydrogen-bond acceptors (Lipinski definition) is 3. The van der Waals surface area contributed by atoms with Gasteiger partial charge in [-0.1, -0.05) is 31.2 Å². The Bertz CT molecular complexity index is 812. The number of epoxide rings is 1. The molecular formula is C22H24O3. The van der Waals surface area contributed by atoms with E-state index in [4.69, 9.17) is 9.47 Å². The molecule has 2 aromatic rings. The van der Waals surface area contributed by atoms with Crippen molar-refractivity contribution in [1.82, 2.24) is 0 Å². The molecule has 1 aliphatic carbocycles. The zero-order valence-electron chi connectivity index (χ0n) is 15.0. The summed E-state index contributed by atoms with van der Waals surface area (Å²) in [4.78, 5) is 12.4. The lowest BCUT2D eigenvalue weighted by molar-refractivity contribution is 0.0733. The van der Waals surface area contributed by atoms with E-state index in [1.807, 2.05) is 25.1 Å². The Morgan fingerprint density at radius 3 is 2.72 bits per heavy atom. The first-order chi connectivity index (χ1) is 12.0. The number of esters is 1. The number of hydrogen-bond donors (Lipinski definition) is 0. The summed E-state index contributed by atoms with van der Waals surface area (Å²) in [6.45, 7) is 6.46. The maximum Gasteiger partial charge on any atom is 0.343 e. The fraction of sp³-hybridized carbons (Fsp3) is 0.409. The molecule has 0 bridgehead atoms. The summed E-state index contributed by atoms with van der Waals surface area (Å²) in [5.41, 5.74) is 4.18. The summed E-state index contributed by atoms with van der Waals surface area (Å²) < 4.78 is 11.6. The Balaban J connectivity index is 1.65. The third-order valence-corrected chi connectivity index (χ3v) is 5.62. The largest absolute Gasteiger partial charge is 0.423 e. The molecule has 1 saturated heterocycles. The van der Waals surface area contributed by atoms with Gasteiger partial charge < -0.3 is 9.47 Å². The molecule has 3 atom stereocenters. The van der Waals surface area contributed by atoms with E-state index in [1.54, 1.807) is 12.1 Å². The molecule has 0 amide bonds. The first-order valence-electron chi connectivity index (χ1n) is 9.05. The highest BCUT2D eigenvalue weighted by atomic mass is 16.6. The van der Waals surface area contributed by atoms with Crippen molar-refractivity contribution in [2.24, 2.45) is 0 Å². The van der Waals surface area contributed by atoms with Crippen LogP contribution >= 0.6 is 0 Å². The SMILES string of the molecule is Cc1cc2c(cc1OC(=O)c1ccccc1)[C@H](C)CC[C@@H]1O[C@]1(C)C2. The lowest BCUT2D eigenvalue weighted by Crippen LogP contribution is -2.19. The second-order valence-corrected chi connectivity index (χ2v) is 7.65. The highest BCUT2D eigenvalue weighted by molar-refractivity contribution is 5.91. The van der Waals surface area contributed by atoms with Gasteiger partial charge in [-0.05, 0) is 67.5 Å². The third-order valence-electron chi connectivity index (χ3n) is 5.62. The molecule has 0 aromatic heterocycles. The maximum absolute atomic E-state index is 12.4. The molecule has 0 N–H and O–H groups in total. The number of carbonyl (C=O) groups is 1. The minimum Gasteiger partial charge on any atom is -0.423 e. The van der Waals surface area contributed by atoms with Gasteiger partial charge in [0.1, 0.15) is 5.75 Å². The van der Waals surface area contributed by atoms with Gasteiger partial charge in [-0.3, -0.25) is 0 Å². The summed E-state index contributed by atoms with van der Waals surface area (Å²) in [6.07, 6.45) is 3.54. The van der Waals surface area contributed by atoms with Crippen LogP contribution in [0.1, 0.15) is 59.7 Å². The fourth-order valence-corrected chi connectivity index (χ4v) is 3.96. The molecule has 1 aliphatic heterocycles. The van der Waals surface area contributed by atoms with Crippen molar-refractivity contribution >= 4 is 5.97 Å². The van der Waals surface area contributed by atoms with Crippen molar-refractivity contribution < 1.29 is 14.3 Å². The molecular weight excluding hydrogens is 312 g/mol. The number of aryl methyl sites for hydroxylation is 1. The van der Waals surface area contributed by atoms with Crippen LogP contribution in [0.3, 0.4) is 0 Å². The Labute approximate surface area is 149 Å². The van der Waals surface area contributed by atoms with Gasteiger partial charge in [0.05, 0.1) is 17.3 Å². The van der Waals surface area contributed by atoms with Gasteiger partial charge in [0, 0.05) is 6.42 Å². The van der Waals surface area contributed by atoms with Crippen LogP contribution in [0.2, 0.25) is 0 Å². The van der Waals surface area contributed by atoms with Crippen LogP contribution in [-0.2, 0) is 11.2 Å². The maximum atomic E-state index is 12.4. The van der Waals surface area contributed by atoms with E-state index in [-0.39, 0.29) is 11.6 Å². The van der Waals surface area contributed by atoms with Gasteiger partial charge in [-0.25, -0.2) is 4.79 Å². The van der Waals surface area contributed by atoms with E-state index in [1.165, 1.54) is 11.1 Å². The highest BCUT2D eigenvalue weighted by Gasteiger charge is 2.52. The first-order valence-corrected chi connectivity index (χ1v) is 9.05. The zero-order chi connectivity index (χ0) is 17.6. The van der Waals surface area contributed by atoms with Gasteiger partial charge in [-0.15, -0.1) is 0 Å². The van der Waals surface area contributed by atoms with E-state index in [0.717, 1.165) is 24.8 Å². The molecule has 0 unspecified atom stereocenters. The third kappa shape index (κ3) is 3.09. The normalized spacial score (nSPS) is 27.5. The van der Waals surface area contributed by atoms with Crippen molar-refractivity contribution in [3.8, 4) is 5.75 Å². The Morgan fingerprint density at radius 1 is 1.20 bits per heavy atom. The van der Waals surface area contributed by atoms with Crippen LogP contribution < -0.4 is 4.74 Å². The summed E-state index contributed by atoms with van der Waals surface area (Å²) in [6, 6.07) is 13.4. The topological polar surface area (TPSA) is 38.8 Å². The fourth-order valence-electron chi connectivity index (χ4n) is 3.96. The predicted molar refractivity (Wildman–Crippen MR) is 97.2 cm³/mol. The summed E-state index contributed by atoms with van der Waals surface area (Å²) in [7, 11) is 0. The minimum atomic E-state index is -0.306. The Hall–Kier alpha value is -2.13. The van der Waals surface area contributed by atoms with Crippen molar-refractivity contribution in [2.75, 3.05) is 0 Å². The highest BCUT2D eigenvalue weighted by Crippen LogP contribution is 2.47.